The van der Waals surface area contributed by atoms with E-state index < -0.39 is 17.5 Å². The van der Waals surface area contributed by atoms with E-state index in [0.717, 1.165) is 131 Å². The van der Waals surface area contributed by atoms with Crippen LogP contribution in [0.3, 0.4) is 0 Å². The molecule has 5 aromatic rings. The number of nitriles is 1. The first kappa shape index (κ1) is 78.6. The monoisotopic (exact) mass is 1220 g/mol. The van der Waals surface area contributed by atoms with Crippen molar-refractivity contribution in [1.29, 1.82) is 5.26 Å². The van der Waals surface area contributed by atoms with Crippen molar-refractivity contribution >= 4 is 40.2 Å². The summed E-state index contributed by atoms with van der Waals surface area (Å²) in [6.45, 7) is 33.6. The van der Waals surface area contributed by atoms with Gasteiger partial charge in [-0.15, -0.1) is 11.7 Å². The van der Waals surface area contributed by atoms with E-state index in [-0.39, 0.29) is 22.8 Å². The predicted octanol–water partition coefficient (Wildman–Crippen LogP) is 22.1. The maximum absolute atomic E-state index is 13.4. The van der Waals surface area contributed by atoms with Crippen LogP contribution in [0.1, 0.15) is 266 Å². The first-order valence-corrected chi connectivity index (χ1v) is 35.0. The lowest BCUT2D eigenvalue weighted by atomic mass is 9.88. The maximum Gasteiger partial charge on any atom is 0.226 e. The number of nitrogens with zero attached hydrogens (tertiary/aromatic N) is 9. The van der Waals surface area contributed by atoms with Crippen LogP contribution >= 0.6 is 23.4 Å². The summed E-state index contributed by atoms with van der Waals surface area (Å²) in [4.78, 5) is 11.6. The van der Waals surface area contributed by atoms with Gasteiger partial charge >= 0.3 is 0 Å². The molecule has 0 radical (unpaired) electrons. The number of hydrogen-bond donors (Lipinski definition) is 0. The van der Waals surface area contributed by atoms with Crippen molar-refractivity contribution in [3.05, 3.63) is 107 Å². The fourth-order valence-electron chi connectivity index (χ4n) is 10.7. The van der Waals surface area contributed by atoms with Gasteiger partial charge in [0.05, 0.1) is 29.4 Å². The second kappa shape index (κ2) is 49.6. The molecule has 3 aromatic heterocycles. The van der Waals surface area contributed by atoms with Crippen molar-refractivity contribution in [3.8, 4) is 6.07 Å². The van der Waals surface area contributed by atoms with E-state index in [9.17, 15) is 18.4 Å². The second-order valence-corrected chi connectivity index (χ2v) is 24.9. The molecular formula is C71H117ClF3N9S. The summed E-state index contributed by atoms with van der Waals surface area (Å²) in [5.41, 5.74) is 4.63. The van der Waals surface area contributed by atoms with Gasteiger partial charge in [0.15, 0.2) is 5.65 Å². The summed E-state index contributed by atoms with van der Waals surface area (Å²) in [7, 11) is 0. The molecule has 9 nitrogen and oxygen atoms in total. The van der Waals surface area contributed by atoms with Gasteiger partial charge in [-0.05, 0) is 149 Å². The largest absolute Gasteiger partial charge is 0.352 e. The van der Waals surface area contributed by atoms with Crippen LogP contribution in [-0.4, -0.2) is 52.8 Å². The van der Waals surface area contributed by atoms with E-state index in [1.807, 2.05) is 45.5 Å². The van der Waals surface area contributed by atoms with Crippen molar-refractivity contribution in [2.75, 3.05) is 23.0 Å². The lowest BCUT2D eigenvalue weighted by Crippen LogP contribution is -2.25. The normalized spacial score (nSPS) is 13.7. The molecule has 2 aromatic carbocycles. The molecule has 0 saturated heterocycles. The van der Waals surface area contributed by atoms with Crippen LogP contribution in [0.5, 0.6) is 0 Å². The molecule has 0 amide bonds. The number of anilines is 1. The topological polar surface area (TPSA) is 101 Å². The minimum Gasteiger partial charge on any atom is -0.352 e. The Morgan fingerprint density at radius 3 is 1.88 bits per heavy atom. The van der Waals surface area contributed by atoms with Crippen molar-refractivity contribution in [2.24, 2.45) is 23.7 Å². The van der Waals surface area contributed by atoms with Crippen LogP contribution in [0.4, 0.5) is 19.0 Å². The fraction of sp³-hybridized carbons (Fsp3) is 0.690. The van der Waals surface area contributed by atoms with E-state index in [0.29, 0.717) is 24.2 Å². The first-order chi connectivity index (χ1) is 41.2. The number of rotatable bonds is 35. The zero-order valence-electron chi connectivity index (χ0n) is 55.7. The molecule has 0 aliphatic heterocycles. The number of thioether (sulfide) groups is 1. The van der Waals surface area contributed by atoms with E-state index in [2.05, 4.69) is 135 Å². The SMILES string of the molecule is C=CC.CC.CC.CCCCCCCCCCCCc1c(F)cc(F)cc1F.CCCCCCSCCCCc1cn(CCC)nn1.CCCN(Cc1ccc(CC(C)C)cc1)c1nc(Cl)nc2c1cnn2C1CCC(CC(C#N)CC(C)C)C1. The molecule has 1 fully saturated rings. The Morgan fingerprint density at radius 1 is 0.753 bits per heavy atom. The molecule has 1 aliphatic rings. The summed E-state index contributed by atoms with van der Waals surface area (Å²) in [6, 6.07) is 13.3. The first-order valence-electron chi connectivity index (χ1n) is 33.5. The van der Waals surface area contributed by atoms with Gasteiger partial charge < -0.3 is 4.90 Å². The van der Waals surface area contributed by atoms with E-state index >= 15 is 0 Å². The van der Waals surface area contributed by atoms with Gasteiger partial charge in [-0.1, -0.05) is 196 Å². The number of aryl methyl sites for hydroxylation is 2. The zero-order chi connectivity index (χ0) is 63.2. The highest BCUT2D eigenvalue weighted by Gasteiger charge is 2.31. The standard InChI is InChI=1S/C31H43ClN6.C18H27F3.C15H29N3S.C3H6.2C2H6/c1-6-13-37(20-24-9-7-23(8-10-24)14-21(2)3)29-28-19-34-38(30(28)36-31(32)35-29)27-12-11-25(17-27)16-26(18-33)15-22(4)5;1-2-3-4-5-6-7-8-9-10-11-12-16-17(20)13-15(19)14-18(16)21;1-3-5-6-8-12-19-13-9-7-10-15-14-18(11-4-2)17-16-15;1-3-2;2*1-2/h7-10,19,21-22,25-27H,6,11-17,20H2,1-5H3;13-14H,2-12H2,1H3;14H,3-13H2,1-2H3;3H,1H2,2H3;2*1-2H3. The molecule has 480 valence electrons. The lowest BCUT2D eigenvalue weighted by molar-refractivity contribution is 0.365. The van der Waals surface area contributed by atoms with Crippen LogP contribution in [-0.2, 0) is 32.4 Å². The van der Waals surface area contributed by atoms with E-state index in [4.69, 9.17) is 21.7 Å². The van der Waals surface area contributed by atoms with Gasteiger partial charge in [-0.25, -0.2) is 17.9 Å². The molecule has 85 heavy (non-hydrogen) atoms. The van der Waals surface area contributed by atoms with Crippen LogP contribution in [0, 0.1) is 52.5 Å². The number of halogens is 4. The lowest BCUT2D eigenvalue weighted by Gasteiger charge is -2.24. The van der Waals surface area contributed by atoms with Gasteiger partial charge in [-0.2, -0.15) is 32.1 Å². The van der Waals surface area contributed by atoms with Crippen LogP contribution in [0.25, 0.3) is 11.0 Å². The van der Waals surface area contributed by atoms with E-state index in [1.165, 1.54) is 106 Å². The highest BCUT2D eigenvalue weighted by Crippen LogP contribution is 2.40. The number of allylic oxidation sites excluding steroid dienone is 1. The summed E-state index contributed by atoms with van der Waals surface area (Å²) in [5, 5.41) is 24.0. The van der Waals surface area contributed by atoms with Gasteiger partial charge in [0.25, 0.3) is 0 Å². The molecule has 1 aliphatic carbocycles. The molecular weight excluding hydrogens is 1100 g/mol. The third kappa shape index (κ3) is 33.5. The average Bonchev–Trinajstić information content (AvgIpc) is 2.63. The van der Waals surface area contributed by atoms with E-state index in [1.54, 1.807) is 6.08 Å². The third-order valence-electron chi connectivity index (χ3n) is 14.7. The number of benzene rings is 2. The van der Waals surface area contributed by atoms with Crippen LogP contribution < -0.4 is 4.90 Å². The van der Waals surface area contributed by atoms with Gasteiger partial charge in [0, 0.05) is 49.4 Å². The van der Waals surface area contributed by atoms with Gasteiger partial charge in [-0.3, -0.25) is 4.68 Å². The molecule has 6 rings (SSSR count). The smallest absolute Gasteiger partial charge is 0.226 e. The van der Waals surface area contributed by atoms with Crippen LogP contribution in [0.15, 0.2) is 61.4 Å². The Kier molecular flexibility index (Phi) is 45.8. The zero-order valence-corrected chi connectivity index (χ0v) is 57.2. The fourth-order valence-corrected chi connectivity index (χ4v) is 11.9. The molecule has 0 spiro atoms. The highest BCUT2D eigenvalue weighted by atomic mass is 35.5. The average molecular weight is 1220 g/mol. The minimum atomic E-state index is -0.850. The van der Waals surface area contributed by atoms with Crippen molar-refractivity contribution in [3.63, 3.8) is 0 Å². The Labute approximate surface area is 526 Å². The molecule has 3 unspecified atom stereocenters. The molecule has 0 N–H and O–H groups in total. The molecule has 3 heterocycles. The van der Waals surface area contributed by atoms with Crippen molar-refractivity contribution < 1.29 is 13.2 Å². The number of unbranched alkanes of at least 4 members (excludes halogenated alkanes) is 13. The number of fused-ring (bicyclic) bond motifs is 1. The molecule has 3 atom stereocenters. The number of aromatic nitrogens is 7. The Morgan fingerprint density at radius 2 is 1.32 bits per heavy atom. The minimum absolute atomic E-state index is 0.0240. The summed E-state index contributed by atoms with van der Waals surface area (Å²) in [5.74, 6) is 3.01. The maximum atomic E-state index is 13.4. The predicted molar refractivity (Wildman–Crippen MR) is 361 cm³/mol. The molecule has 14 heteroatoms. The molecule has 0 bridgehead atoms. The summed E-state index contributed by atoms with van der Waals surface area (Å²) >= 11 is 8.63. The van der Waals surface area contributed by atoms with Crippen LogP contribution in [0.2, 0.25) is 5.28 Å². The van der Waals surface area contributed by atoms with Gasteiger partial charge in [0.1, 0.15) is 23.3 Å². The third-order valence-corrected chi connectivity index (χ3v) is 16.0. The number of hydrogen-bond acceptors (Lipinski definition) is 8. The summed E-state index contributed by atoms with van der Waals surface area (Å²) < 4.78 is 43.6. The Bertz CT molecular complexity index is 2450. The van der Waals surface area contributed by atoms with Crippen molar-refractivity contribution in [2.45, 2.75) is 276 Å². The Hall–Kier alpha value is -4.41. The second-order valence-electron chi connectivity index (χ2n) is 23.3. The van der Waals surface area contributed by atoms with Crippen molar-refractivity contribution in [1.82, 2.24) is 34.7 Å². The summed E-state index contributed by atoms with van der Waals surface area (Å²) in [6.07, 6.45) is 35.5. The quantitative estimate of drug-likeness (QED) is 0.0225. The Balaban J connectivity index is 0.000000653. The molecule has 1 saturated carbocycles. The highest BCUT2D eigenvalue weighted by molar-refractivity contribution is 7.99. The van der Waals surface area contributed by atoms with Gasteiger partial charge in [0.2, 0.25) is 5.28 Å².